The molecular formula is C11H13NO4. The lowest BCUT2D eigenvalue weighted by Gasteiger charge is -2.09. The first-order chi connectivity index (χ1) is 7.66. The number of ether oxygens (including phenoxy) is 1. The van der Waals surface area contributed by atoms with Gasteiger partial charge in [0, 0.05) is 18.2 Å². The van der Waals surface area contributed by atoms with Gasteiger partial charge in [0.05, 0.1) is 12.5 Å². The standard InChI is InChI=1S/C11H13NO4/c13-7-1-2-8-9(6-16-10(8)5-7)12-4-3-11(14)15/h1-2,5,9,12-13H,3-4,6H2,(H,14,15). The van der Waals surface area contributed by atoms with E-state index < -0.39 is 5.97 Å². The van der Waals surface area contributed by atoms with Gasteiger partial charge in [-0.05, 0) is 12.1 Å². The summed E-state index contributed by atoms with van der Waals surface area (Å²) in [5, 5.41) is 20.9. The number of nitrogens with one attached hydrogen (secondary N) is 1. The van der Waals surface area contributed by atoms with E-state index in [-0.39, 0.29) is 18.2 Å². The van der Waals surface area contributed by atoms with Gasteiger partial charge >= 0.3 is 5.97 Å². The van der Waals surface area contributed by atoms with Gasteiger partial charge in [0.25, 0.3) is 0 Å². The molecule has 1 atom stereocenters. The first-order valence-electron chi connectivity index (χ1n) is 5.07. The number of rotatable bonds is 4. The van der Waals surface area contributed by atoms with Gasteiger partial charge in [-0.1, -0.05) is 0 Å². The number of fused-ring (bicyclic) bond motifs is 1. The van der Waals surface area contributed by atoms with Crippen LogP contribution in [-0.2, 0) is 4.79 Å². The number of aliphatic carboxylic acids is 1. The predicted octanol–water partition coefficient (Wildman–Crippen LogP) is 0.890. The van der Waals surface area contributed by atoms with Crippen molar-refractivity contribution in [1.82, 2.24) is 5.32 Å². The predicted molar refractivity (Wildman–Crippen MR) is 56.6 cm³/mol. The van der Waals surface area contributed by atoms with E-state index in [9.17, 15) is 9.90 Å². The number of carboxylic acid groups (broad SMARTS) is 1. The Labute approximate surface area is 92.7 Å². The summed E-state index contributed by atoms with van der Waals surface area (Å²) in [5.74, 6) is 0.00936. The summed E-state index contributed by atoms with van der Waals surface area (Å²) in [4.78, 5) is 10.4. The summed E-state index contributed by atoms with van der Waals surface area (Å²) in [5.41, 5.74) is 0.961. The maximum absolute atomic E-state index is 10.4. The first-order valence-corrected chi connectivity index (χ1v) is 5.07. The van der Waals surface area contributed by atoms with Crippen LogP contribution in [0.25, 0.3) is 0 Å². The van der Waals surface area contributed by atoms with Gasteiger partial charge in [-0.15, -0.1) is 0 Å². The van der Waals surface area contributed by atoms with Crippen molar-refractivity contribution in [3.8, 4) is 11.5 Å². The highest BCUT2D eigenvalue weighted by atomic mass is 16.5. The molecule has 0 fully saturated rings. The second-order valence-electron chi connectivity index (χ2n) is 3.68. The summed E-state index contributed by atoms with van der Waals surface area (Å²) in [6.07, 6.45) is 0.0872. The van der Waals surface area contributed by atoms with E-state index in [1.165, 1.54) is 0 Å². The molecule has 0 aromatic heterocycles. The van der Waals surface area contributed by atoms with E-state index in [0.29, 0.717) is 18.9 Å². The van der Waals surface area contributed by atoms with Crippen LogP contribution in [0.2, 0.25) is 0 Å². The molecule has 1 unspecified atom stereocenters. The number of carbonyl (C=O) groups is 1. The molecule has 0 amide bonds. The van der Waals surface area contributed by atoms with E-state index in [1.807, 2.05) is 0 Å². The fourth-order valence-electron chi connectivity index (χ4n) is 1.72. The van der Waals surface area contributed by atoms with E-state index in [2.05, 4.69) is 5.32 Å². The molecule has 3 N–H and O–H groups in total. The van der Waals surface area contributed by atoms with Gasteiger partial charge in [0.1, 0.15) is 18.1 Å². The molecule has 0 saturated carbocycles. The highest BCUT2D eigenvalue weighted by Gasteiger charge is 2.23. The largest absolute Gasteiger partial charge is 0.508 e. The number of carboxylic acids is 1. The normalized spacial score (nSPS) is 17.9. The average molecular weight is 223 g/mol. The van der Waals surface area contributed by atoms with Gasteiger partial charge < -0.3 is 20.3 Å². The van der Waals surface area contributed by atoms with E-state index in [0.717, 1.165) is 5.56 Å². The molecule has 0 bridgehead atoms. The van der Waals surface area contributed by atoms with Gasteiger partial charge in [-0.25, -0.2) is 0 Å². The highest BCUT2D eigenvalue weighted by molar-refractivity contribution is 5.66. The Morgan fingerprint density at radius 1 is 1.56 bits per heavy atom. The monoisotopic (exact) mass is 223 g/mol. The molecule has 2 rings (SSSR count). The van der Waals surface area contributed by atoms with Crippen molar-refractivity contribution in [2.75, 3.05) is 13.2 Å². The average Bonchev–Trinajstić information content (AvgIpc) is 2.60. The molecule has 1 aliphatic rings. The Morgan fingerprint density at radius 2 is 2.38 bits per heavy atom. The molecule has 86 valence electrons. The SMILES string of the molecule is O=C(O)CCNC1COc2cc(O)ccc21. The fraction of sp³-hybridized carbons (Fsp3) is 0.364. The Balaban J connectivity index is 1.98. The van der Waals surface area contributed by atoms with Crippen molar-refractivity contribution in [3.05, 3.63) is 23.8 Å². The summed E-state index contributed by atoms with van der Waals surface area (Å²) < 4.78 is 5.38. The van der Waals surface area contributed by atoms with E-state index in [4.69, 9.17) is 9.84 Å². The number of aromatic hydroxyl groups is 1. The quantitative estimate of drug-likeness (QED) is 0.706. The van der Waals surface area contributed by atoms with Crippen LogP contribution in [0, 0.1) is 0 Å². The second kappa shape index (κ2) is 4.40. The molecule has 16 heavy (non-hydrogen) atoms. The van der Waals surface area contributed by atoms with Crippen LogP contribution in [0.4, 0.5) is 0 Å². The third-order valence-electron chi connectivity index (χ3n) is 2.51. The molecule has 0 saturated heterocycles. The topological polar surface area (TPSA) is 78.8 Å². The molecular weight excluding hydrogens is 210 g/mol. The zero-order valence-corrected chi connectivity index (χ0v) is 8.64. The van der Waals surface area contributed by atoms with Gasteiger partial charge in [-0.3, -0.25) is 4.79 Å². The first kappa shape index (κ1) is 10.8. The number of hydrogen-bond acceptors (Lipinski definition) is 4. The lowest BCUT2D eigenvalue weighted by atomic mass is 10.1. The lowest BCUT2D eigenvalue weighted by Crippen LogP contribution is -2.25. The van der Waals surface area contributed by atoms with E-state index in [1.54, 1.807) is 18.2 Å². The maximum Gasteiger partial charge on any atom is 0.304 e. The molecule has 0 aliphatic carbocycles. The van der Waals surface area contributed by atoms with Gasteiger partial charge in [0.15, 0.2) is 0 Å². The van der Waals surface area contributed by atoms with Crippen LogP contribution in [0.15, 0.2) is 18.2 Å². The van der Waals surface area contributed by atoms with Gasteiger partial charge in [-0.2, -0.15) is 0 Å². The summed E-state index contributed by atoms with van der Waals surface area (Å²) >= 11 is 0. The van der Waals surface area contributed by atoms with Crippen LogP contribution in [-0.4, -0.2) is 29.3 Å². The maximum atomic E-state index is 10.4. The third kappa shape index (κ3) is 2.25. The molecule has 1 aliphatic heterocycles. The minimum Gasteiger partial charge on any atom is -0.508 e. The summed E-state index contributed by atoms with van der Waals surface area (Å²) in [6.45, 7) is 0.877. The summed E-state index contributed by atoms with van der Waals surface area (Å²) in [7, 11) is 0. The Morgan fingerprint density at radius 3 is 3.12 bits per heavy atom. The van der Waals surface area contributed by atoms with Crippen LogP contribution in [0.5, 0.6) is 11.5 Å². The molecule has 5 heteroatoms. The van der Waals surface area contributed by atoms with Crippen molar-refractivity contribution in [1.29, 1.82) is 0 Å². The molecule has 1 heterocycles. The van der Waals surface area contributed by atoms with Crippen molar-refractivity contribution >= 4 is 5.97 Å². The Kier molecular flexibility index (Phi) is 2.96. The minimum atomic E-state index is -0.822. The van der Waals surface area contributed by atoms with Crippen LogP contribution >= 0.6 is 0 Å². The van der Waals surface area contributed by atoms with Crippen molar-refractivity contribution in [2.45, 2.75) is 12.5 Å². The van der Waals surface area contributed by atoms with Gasteiger partial charge in [0.2, 0.25) is 0 Å². The fourth-order valence-corrected chi connectivity index (χ4v) is 1.72. The van der Waals surface area contributed by atoms with Crippen LogP contribution < -0.4 is 10.1 Å². The minimum absolute atomic E-state index is 0.00921. The molecule has 1 aromatic carbocycles. The molecule has 5 nitrogen and oxygen atoms in total. The zero-order chi connectivity index (χ0) is 11.5. The highest BCUT2D eigenvalue weighted by Crippen LogP contribution is 2.34. The molecule has 0 spiro atoms. The van der Waals surface area contributed by atoms with Crippen LogP contribution in [0.1, 0.15) is 18.0 Å². The number of benzene rings is 1. The Hall–Kier alpha value is -1.75. The smallest absolute Gasteiger partial charge is 0.304 e. The molecule has 0 radical (unpaired) electrons. The van der Waals surface area contributed by atoms with Crippen molar-refractivity contribution in [3.63, 3.8) is 0 Å². The number of hydrogen-bond donors (Lipinski definition) is 3. The second-order valence-corrected chi connectivity index (χ2v) is 3.68. The lowest BCUT2D eigenvalue weighted by molar-refractivity contribution is -0.136. The van der Waals surface area contributed by atoms with Crippen molar-refractivity contribution in [2.24, 2.45) is 0 Å². The van der Waals surface area contributed by atoms with Crippen molar-refractivity contribution < 1.29 is 19.7 Å². The van der Waals surface area contributed by atoms with E-state index >= 15 is 0 Å². The summed E-state index contributed by atoms with van der Waals surface area (Å²) in [6, 6.07) is 4.96. The third-order valence-corrected chi connectivity index (χ3v) is 2.51. The molecule has 1 aromatic rings. The number of phenols is 1. The zero-order valence-electron chi connectivity index (χ0n) is 8.64. The van der Waals surface area contributed by atoms with Crippen LogP contribution in [0.3, 0.4) is 0 Å². The number of phenolic OH excluding ortho intramolecular Hbond substituents is 1. The Bertz CT molecular complexity index is 405.